The Morgan fingerprint density at radius 3 is 2.37 bits per heavy atom. The molecule has 1 aliphatic heterocycles. The molecule has 0 bridgehead atoms. The number of esters is 1. The van der Waals surface area contributed by atoms with E-state index in [1.54, 1.807) is 19.1 Å². The van der Waals surface area contributed by atoms with Crippen molar-refractivity contribution in [3.05, 3.63) is 47.5 Å². The van der Waals surface area contributed by atoms with Crippen LogP contribution < -0.4 is 15.5 Å². The number of anilines is 2. The third-order valence-electron chi connectivity index (χ3n) is 5.17. The molecule has 0 atom stereocenters. The van der Waals surface area contributed by atoms with Crippen LogP contribution in [0, 0.1) is 0 Å². The second kappa shape index (κ2) is 11.5. The van der Waals surface area contributed by atoms with Crippen LogP contribution in [0.2, 0.25) is 0 Å². The number of hydrogen-bond acceptors (Lipinski definition) is 7. The maximum absolute atomic E-state index is 13.2. The molecule has 188 valence electrons. The van der Waals surface area contributed by atoms with Gasteiger partial charge < -0.3 is 19.9 Å². The molecule has 1 aliphatic rings. The van der Waals surface area contributed by atoms with Crippen LogP contribution in [0.4, 0.5) is 29.6 Å². The molecule has 2 N–H and O–H groups in total. The molecule has 2 heterocycles. The number of rotatable bonds is 7. The normalized spacial score (nSPS) is 13.8. The van der Waals surface area contributed by atoms with Gasteiger partial charge in [-0.3, -0.25) is 14.9 Å². The molecule has 0 aliphatic carbocycles. The van der Waals surface area contributed by atoms with Gasteiger partial charge in [0, 0.05) is 32.7 Å². The Labute approximate surface area is 199 Å². The number of hydrogen-bond donors (Lipinski definition) is 2. The average molecular weight is 494 g/mol. The van der Waals surface area contributed by atoms with Crippen molar-refractivity contribution >= 4 is 29.5 Å². The summed E-state index contributed by atoms with van der Waals surface area (Å²) >= 11 is 0. The van der Waals surface area contributed by atoms with Gasteiger partial charge in [0.25, 0.3) is 5.91 Å². The lowest BCUT2D eigenvalue weighted by molar-refractivity contribution is -0.143. The zero-order chi connectivity index (χ0) is 25.4. The number of halogens is 3. The van der Waals surface area contributed by atoms with E-state index >= 15 is 0 Å². The maximum Gasteiger partial charge on any atom is 0.417 e. The maximum atomic E-state index is 13.2. The van der Waals surface area contributed by atoms with Gasteiger partial charge in [-0.1, -0.05) is 12.1 Å². The van der Waals surface area contributed by atoms with Crippen molar-refractivity contribution in [2.75, 3.05) is 49.5 Å². The second-order valence-corrected chi connectivity index (χ2v) is 7.54. The smallest absolute Gasteiger partial charge is 0.417 e. The first-order valence-electron chi connectivity index (χ1n) is 10.9. The number of ether oxygens (including phenoxy) is 1. The van der Waals surface area contributed by atoms with E-state index in [-0.39, 0.29) is 44.0 Å². The fourth-order valence-electron chi connectivity index (χ4n) is 3.46. The Morgan fingerprint density at radius 1 is 1.03 bits per heavy atom. The molecule has 13 heteroatoms. The quantitative estimate of drug-likeness (QED) is 0.568. The predicted molar refractivity (Wildman–Crippen MR) is 120 cm³/mol. The van der Waals surface area contributed by atoms with Gasteiger partial charge in [-0.05, 0) is 31.2 Å². The minimum Gasteiger partial charge on any atom is -0.466 e. The van der Waals surface area contributed by atoms with Gasteiger partial charge in [0.15, 0.2) is 11.6 Å². The zero-order valence-corrected chi connectivity index (χ0v) is 19.0. The number of aromatic nitrogens is 2. The van der Waals surface area contributed by atoms with E-state index in [1.807, 2.05) is 4.90 Å². The molecule has 0 radical (unpaired) electrons. The summed E-state index contributed by atoms with van der Waals surface area (Å²) in [6.07, 6.45) is -4.57. The predicted octanol–water partition coefficient (Wildman–Crippen LogP) is 2.53. The van der Waals surface area contributed by atoms with Gasteiger partial charge >= 0.3 is 18.2 Å². The van der Waals surface area contributed by atoms with Crippen LogP contribution in [0.5, 0.6) is 0 Å². The minimum atomic E-state index is -4.61. The van der Waals surface area contributed by atoms with Crippen LogP contribution in [0.1, 0.15) is 29.3 Å². The Bertz CT molecular complexity index is 1040. The summed E-state index contributed by atoms with van der Waals surface area (Å²) in [6, 6.07) is 7.37. The van der Waals surface area contributed by atoms with Gasteiger partial charge in [0.2, 0.25) is 0 Å². The Kier molecular flexibility index (Phi) is 8.44. The van der Waals surface area contributed by atoms with E-state index in [1.165, 1.54) is 23.1 Å². The molecule has 1 fully saturated rings. The van der Waals surface area contributed by atoms with E-state index < -0.39 is 29.6 Å². The monoisotopic (exact) mass is 494 g/mol. The van der Waals surface area contributed by atoms with Crippen molar-refractivity contribution < 1.29 is 32.3 Å². The van der Waals surface area contributed by atoms with Crippen molar-refractivity contribution in [3.8, 4) is 0 Å². The van der Waals surface area contributed by atoms with Crippen LogP contribution in [0.3, 0.4) is 0 Å². The summed E-state index contributed by atoms with van der Waals surface area (Å²) in [4.78, 5) is 39.1. The second-order valence-electron chi connectivity index (χ2n) is 7.54. The third-order valence-corrected chi connectivity index (χ3v) is 5.17. The Balaban J connectivity index is 1.50. The number of carbonyl (C=O) groups excluding carboxylic acids is 3. The summed E-state index contributed by atoms with van der Waals surface area (Å²) < 4.78 is 44.5. The molecule has 0 spiro atoms. The van der Waals surface area contributed by atoms with Gasteiger partial charge in [-0.25, -0.2) is 4.79 Å². The van der Waals surface area contributed by atoms with Crippen LogP contribution in [0.25, 0.3) is 0 Å². The molecule has 10 nitrogen and oxygen atoms in total. The Morgan fingerprint density at radius 2 is 1.74 bits per heavy atom. The van der Waals surface area contributed by atoms with Crippen molar-refractivity contribution in [2.45, 2.75) is 19.5 Å². The lowest BCUT2D eigenvalue weighted by Crippen LogP contribution is -2.49. The number of nitrogens with zero attached hydrogens (tertiary/aromatic N) is 4. The molecule has 1 aromatic carbocycles. The van der Waals surface area contributed by atoms with Gasteiger partial charge in [-0.15, -0.1) is 10.2 Å². The summed E-state index contributed by atoms with van der Waals surface area (Å²) in [5.41, 5.74) is -1.32. The van der Waals surface area contributed by atoms with Crippen molar-refractivity contribution in [1.82, 2.24) is 20.4 Å². The molecule has 3 rings (SSSR count). The standard InChI is InChI=1S/C22H25F3N6O4/c1-2-35-19(32)9-10-26-21(34)27-17-7-8-18(29-28-17)30-11-13-31(14-12-30)20(33)15-5-3-4-6-16(15)22(23,24)25/h3-8H,2,9-14H2,1H3,(H2,26,27,28,34). The third kappa shape index (κ3) is 7.04. The first-order chi connectivity index (χ1) is 16.7. The molecular weight excluding hydrogens is 469 g/mol. The van der Waals surface area contributed by atoms with Crippen LogP contribution in [0.15, 0.2) is 36.4 Å². The highest BCUT2D eigenvalue weighted by molar-refractivity contribution is 5.96. The van der Waals surface area contributed by atoms with Crippen molar-refractivity contribution in [1.29, 1.82) is 0 Å². The van der Waals surface area contributed by atoms with Crippen molar-refractivity contribution in [3.63, 3.8) is 0 Å². The molecule has 2 aromatic rings. The fourth-order valence-corrected chi connectivity index (χ4v) is 3.46. The molecule has 3 amide bonds. The number of piperazine rings is 1. The average Bonchev–Trinajstić information content (AvgIpc) is 2.84. The summed E-state index contributed by atoms with van der Waals surface area (Å²) in [5.74, 6) is -0.388. The lowest BCUT2D eigenvalue weighted by atomic mass is 10.1. The molecule has 35 heavy (non-hydrogen) atoms. The van der Waals surface area contributed by atoms with E-state index in [4.69, 9.17) is 4.74 Å². The number of benzene rings is 1. The molecule has 0 saturated carbocycles. The largest absolute Gasteiger partial charge is 0.466 e. The lowest BCUT2D eigenvalue weighted by Gasteiger charge is -2.35. The van der Waals surface area contributed by atoms with E-state index in [0.717, 1.165) is 6.07 Å². The van der Waals surface area contributed by atoms with Gasteiger partial charge in [0.1, 0.15) is 0 Å². The summed E-state index contributed by atoms with van der Waals surface area (Å²) in [6.45, 7) is 3.21. The topological polar surface area (TPSA) is 117 Å². The van der Waals surface area contributed by atoms with Crippen LogP contribution in [-0.2, 0) is 15.7 Å². The molecular formula is C22H25F3N6O4. The first kappa shape index (κ1) is 25.7. The minimum absolute atomic E-state index is 0.0438. The number of urea groups is 1. The SMILES string of the molecule is CCOC(=O)CCNC(=O)Nc1ccc(N2CCN(C(=O)c3ccccc3C(F)(F)F)CC2)nn1. The van der Waals surface area contributed by atoms with Crippen molar-refractivity contribution in [2.24, 2.45) is 0 Å². The summed E-state index contributed by atoms with van der Waals surface area (Å²) in [7, 11) is 0. The van der Waals surface area contributed by atoms with E-state index in [0.29, 0.717) is 18.9 Å². The fraction of sp³-hybridized carbons (Fsp3) is 0.409. The van der Waals surface area contributed by atoms with Crippen LogP contribution in [-0.4, -0.2) is 72.3 Å². The summed E-state index contributed by atoms with van der Waals surface area (Å²) in [5, 5.41) is 13.0. The molecule has 1 aromatic heterocycles. The first-order valence-corrected chi connectivity index (χ1v) is 10.9. The number of nitrogens with one attached hydrogen (secondary N) is 2. The van der Waals surface area contributed by atoms with Gasteiger partial charge in [-0.2, -0.15) is 13.2 Å². The number of carbonyl (C=O) groups is 3. The van der Waals surface area contributed by atoms with Crippen LogP contribution >= 0.6 is 0 Å². The highest BCUT2D eigenvalue weighted by atomic mass is 19.4. The molecule has 0 unspecified atom stereocenters. The Hall–Kier alpha value is -3.90. The van der Waals surface area contributed by atoms with Gasteiger partial charge in [0.05, 0.1) is 24.2 Å². The zero-order valence-electron chi connectivity index (χ0n) is 19.0. The van der Waals surface area contributed by atoms with E-state index in [9.17, 15) is 27.6 Å². The highest BCUT2D eigenvalue weighted by Crippen LogP contribution is 2.32. The number of alkyl halides is 3. The van der Waals surface area contributed by atoms with E-state index in [2.05, 4.69) is 20.8 Å². The number of amides is 3. The highest BCUT2D eigenvalue weighted by Gasteiger charge is 2.36. The molecule has 1 saturated heterocycles.